The van der Waals surface area contributed by atoms with E-state index in [1.165, 1.54) is 4.68 Å². The lowest BCUT2D eigenvalue weighted by atomic mass is 9.95. The minimum Gasteiger partial charge on any atom is -0.381 e. The van der Waals surface area contributed by atoms with E-state index in [9.17, 15) is 4.79 Å². The van der Waals surface area contributed by atoms with Crippen LogP contribution in [0.2, 0.25) is 10.3 Å². The highest BCUT2D eigenvalue weighted by Gasteiger charge is 2.23. The molecule has 0 spiro atoms. The number of halogens is 2. The predicted octanol–water partition coefficient (Wildman–Crippen LogP) is 3.25. The summed E-state index contributed by atoms with van der Waals surface area (Å²) in [7, 11) is 0. The van der Waals surface area contributed by atoms with Crippen LogP contribution in [0.3, 0.4) is 0 Å². The van der Waals surface area contributed by atoms with Gasteiger partial charge in [0.25, 0.3) is 0 Å². The average Bonchev–Trinajstić information content (AvgIpc) is 2.90. The number of carbonyl (C=O) groups is 1. The molecular formula is C15H15Cl2N3O2. The molecule has 0 unspecified atom stereocenters. The predicted molar refractivity (Wildman–Crippen MR) is 84.0 cm³/mol. The van der Waals surface area contributed by atoms with Crippen LogP contribution in [0.15, 0.2) is 24.3 Å². The quantitative estimate of drug-likeness (QED) is 0.857. The number of carbonyl (C=O) groups excluding carboxylic acids is 1. The second-order valence-electron chi connectivity index (χ2n) is 5.22. The Hall–Kier alpha value is -1.43. The molecule has 0 aliphatic carbocycles. The van der Waals surface area contributed by atoms with Gasteiger partial charge < -0.3 is 4.74 Å². The maximum absolute atomic E-state index is 12.3. The second-order valence-corrected chi connectivity index (χ2v) is 6.00. The molecule has 3 rings (SSSR count). The summed E-state index contributed by atoms with van der Waals surface area (Å²) in [6, 6.07) is 7.16. The number of hydrogen-bond donors (Lipinski definition) is 0. The van der Waals surface area contributed by atoms with Crippen LogP contribution in [0.1, 0.15) is 12.8 Å². The lowest BCUT2D eigenvalue weighted by molar-refractivity contribution is -0.126. The van der Waals surface area contributed by atoms with E-state index >= 15 is 0 Å². The summed E-state index contributed by atoms with van der Waals surface area (Å²) in [4.78, 5) is 16.5. The molecule has 1 aliphatic heterocycles. The van der Waals surface area contributed by atoms with Crippen molar-refractivity contribution in [2.24, 2.45) is 5.92 Å². The third-order valence-corrected chi connectivity index (χ3v) is 4.24. The highest BCUT2D eigenvalue weighted by atomic mass is 35.5. The third kappa shape index (κ3) is 3.48. The number of hydrogen-bond acceptors (Lipinski definition) is 4. The van der Waals surface area contributed by atoms with E-state index in [1.54, 1.807) is 12.1 Å². The Balaban J connectivity index is 1.74. The van der Waals surface area contributed by atoms with Gasteiger partial charge in [-0.3, -0.25) is 4.79 Å². The SMILES string of the molecule is O=C(Cn1nc(-c2ccc(Cl)cc2)nc1Cl)C1CCOCC1. The topological polar surface area (TPSA) is 57.0 Å². The van der Waals surface area contributed by atoms with E-state index < -0.39 is 0 Å². The van der Waals surface area contributed by atoms with Crippen molar-refractivity contribution >= 4 is 29.0 Å². The maximum atomic E-state index is 12.3. The lowest BCUT2D eigenvalue weighted by Gasteiger charge is -2.20. The summed E-state index contributed by atoms with van der Waals surface area (Å²) in [5.41, 5.74) is 0.809. The monoisotopic (exact) mass is 339 g/mol. The molecule has 1 aromatic carbocycles. The van der Waals surface area contributed by atoms with Gasteiger partial charge in [-0.05, 0) is 48.7 Å². The minimum atomic E-state index is 0.0213. The van der Waals surface area contributed by atoms with Crippen LogP contribution in [-0.2, 0) is 16.1 Å². The van der Waals surface area contributed by atoms with Crippen LogP contribution in [0.5, 0.6) is 0 Å². The van der Waals surface area contributed by atoms with Gasteiger partial charge in [0.1, 0.15) is 6.54 Å². The molecule has 0 atom stereocenters. The van der Waals surface area contributed by atoms with E-state index in [4.69, 9.17) is 27.9 Å². The zero-order chi connectivity index (χ0) is 15.5. The summed E-state index contributed by atoms with van der Waals surface area (Å²) in [6.07, 6.45) is 1.52. The first-order valence-corrected chi connectivity index (χ1v) is 7.86. The van der Waals surface area contributed by atoms with Crippen LogP contribution in [0, 0.1) is 5.92 Å². The Labute approximate surface area is 138 Å². The molecule has 0 saturated carbocycles. The van der Waals surface area contributed by atoms with Crippen LogP contribution < -0.4 is 0 Å². The summed E-state index contributed by atoms with van der Waals surface area (Å²) >= 11 is 12.0. The van der Waals surface area contributed by atoms with Crippen LogP contribution in [0.25, 0.3) is 11.4 Å². The lowest BCUT2D eigenvalue weighted by Crippen LogP contribution is -2.27. The maximum Gasteiger partial charge on any atom is 0.221 e. The van der Waals surface area contributed by atoms with Crippen molar-refractivity contribution in [3.8, 4) is 11.4 Å². The number of benzene rings is 1. The fourth-order valence-electron chi connectivity index (χ4n) is 2.44. The van der Waals surface area contributed by atoms with Gasteiger partial charge in [0.15, 0.2) is 11.6 Å². The van der Waals surface area contributed by atoms with E-state index in [0.717, 1.165) is 18.4 Å². The molecule has 5 nitrogen and oxygen atoms in total. The Bertz CT molecular complexity index is 664. The van der Waals surface area contributed by atoms with Crippen molar-refractivity contribution in [3.63, 3.8) is 0 Å². The van der Waals surface area contributed by atoms with Crippen LogP contribution in [-0.4, -0.2) is 33.8 Å². The molecule has 1 saturated heterocycles. The van der Waals surface area contributed by atoms with Crippen molar-refractivity contribution < 1.29 is 9.53 Å². The summed E-state index contributed by atoms with van der Waals surface area (Å²) in [5.74, 6) is 0.632. The molecule has 1 fully saturated rings. The Morgan fingerprint density at radius 1 is 1.23 bits per heavy atom. The van der Waals surface area contributed by atoms with Crippen molar-refractivity contribution in [3.05, 3.63) is 34.6 Å². The highest BCUT2D eigenvalue weighted by Crippen LogP contribution is 2.21. The molecule has 0 N–H and O–H groups in total. The van der Waals surface area contributed by atoms with Gasteiger partial charge in [0, 0.05) is 29.7 Å². The first-order valence-electron chi connectivity index (χ1n) is 7.10. The van der Waals surface area contributed by atoms with Gasteiger partial charge >= 0.3 is 0 Å². The highest BCUT2D eigenvalue weighted by molar-refractivity contribution is 6.30. The van der Waals surface area contributed by atoms with Gasteiger partial charge in [-0.2, -0.15) is 4.98 Å². The Morgan fingerprint density at radius 2 is 1.91 bits per heavy atom. The molecular weight excluding hydrogens is 325 g/mol. The summed E-state index contributed by atoms with van der Waals surface area (Å²) < 4.78 is 6.72. The smallest absolute Gasteiger partial charge is 0.221 e. The fourth-order valence-corrected chi connectivity index (χ4v) is 2.74. The van der Waals surface area contributed by atoms with Crippen molar-refractivity contribution in [2.45, 2.75) is 19.4 Å². The zero-order valence-electron chi connectivity index (χ0n) is 11.8. The van der Waals surface area contributed by atoms with Gasteiger partial charge in [-0.1, -0.05) is 11.6 Å². The molecule has 0 amide bonds. The number of nitrogens with zero attached hydrogens (tertiary/aromatic N) is 3. The average molecular weight is 340 g/mol. The van der Waals surface area contributed by atoms with Crippen molar-refractivity contribution in [1.82, 2.24) is 14.8 Å². The standard InChI is InChI=1S/C15H15Cl2N3O2/c16-12-3-1-11(2-4-12)14-18-15(17)20(19-14)9-13(21)10-5-7-22-8-6-10/h1-4,10H,5-9H2. The zero-order valence-corrected chi connectivity index (χ0v) is 13.3. The first kappa shape index (κ1) is 15.5. The van der Waals surface area contributed by atoms with E-state index in [1.807, 2.05) is 12.1 Å². The van der Waals surface area contributed by atoms with Crippen molar-refractivity contribution in [2.75, 3.05) is 13.2 Å². The first-order chi connectivity index (χ1) is 10.6. The number of ether oxygens (including phenoxy) is 1. The van der Waals surface area contributed by atoms with Gasteiger partial charge in [0.05, 0.1) is 0 Å². The van der Waals surface area contributed by atoms with E-state index in [0.29, 0.717) is 24.1 Å². The second kappa shape index (κ2) is 6.77. The number of rotatable bonds is 4. The van der Waals surface area contributed by atoms with Gasteiger partial charge in [-0.25, -0.2) is 4.68 Å². The Morgan fingerprint density at radius 3 is 2.59 bits per heavy atom. The van der Waals surface area contributed by atoms with Gasteiger partial charge in [-0.15, -0.1) is 5.10 Å². The number of aromatic nitrogens is 3. The molecule has 7 heteroatoms. The van der Waals surface area contributed by atoms with E-state index in [2.05, 4.69) is 10.1 Å². The molecule has 0 bridgehead atoms. The molecule has 0 radical (unpaired) electrons. The van der Waals surface area contributed by atoms with Crippen LogP contribution in [0.4, 0.5) is 0 Å². The molecule has 2 heterocycles. The molecule has 1 aliphatic rings. The largest absolute Gasteiger partial charge is 0.381 e. The molecule has 2 aromatic rings. The van der Waals surface area contributed by atoms with Crippen molar-refractivity contribution in [1.29, 1.82) is 0 Å². The minimum absolute atomic E-state index is 0.0213. The summed E-state index contributed by atoms with van der Waals surface area (Å²) in [5, 5.41) is 5.18. The normalized spacial score (nSPS) is 15.9. The molecule has 116 valence electrons. The number of ketones is 1. The fraction of sp³-hybridized carbons (Fsp3) is 0.400. The Kier molecular flexibility index (Phi) is 4.76. The summed E-state index contributed by atoms with van der Waals surface area (Å²) in [6.45, 7) is 1.42. The molecule has 22 heavy (non-hydrogen) atoms. The number of Topliss-reactive ketones (excluding diaryl/α,β-unsaturated/α-hetero) is 1. The third-order valence-electron chi connectivity index (χ3n) is 3.71. The van der Waals surface area contributed by atoms with Gasteiger partial charge in [0.2, 0.25) is 5.28 Å². The van der Waals surface area contributed by atoms with E-state index in [-0.39, 0.29) is 23.5 Å². The van der Waals surface area contributed by atoms with Crippen LogP contribution >= 0.6 is 23.2 Å². The molecule has 1 aromatic heterocycles.